The molecule has 0 fully saturated rings. The summed E-state index contributed by atoms with van der Waals surface area (Å²) in [4.78, 5) is 0. The Morgan fingerprint density at radius 1 is 1.32 bits per heavy atom. The lowest BCUT2D eigenvalue weighted by Gasteiger charge is -2.09. The van der Waals surface area contributed by atoms with Crippen LogP contribution >= 0.6 is 0 Å². The van der Waals surface area contributed by atoms with Gasteiger partial charge in [0.15, 0.2) is 0 Å². The van der Waals surface area contributed by atoms with Crippen LogP contribution in [0.15, 0.2) is 28.7 Å². The number of ether oxygens (including phenoxy) is 1. The summed E-state index contributed by atoms with van der Waals surface area (Å²) in [6.45, 7) is 4.49. The number of benzene rings is 1. The van der Waals surface area contributed by atoms with Crippen LogP contribution in [0.4, 0.5) is 11.7 Å². The fourth-order valence-electron chi connectivity index (χ4n) is 1.55. The van der Waals surface area contributed by atoms with Gasteiger partial charge in [-0.3, -0.25) is 0 Å². The van der Waals surface area contributed by atoms with Crippen LogP contribution in [-0.4, -0.2) is 23.9 Å². The number of para-hydroxylation sites is 2. The Kier molecular flexibility index (Phi) is 4.35. The number of nitrogens with one attached hydrogen (secondary N) is 2. The number of rotatable bonds is 6. The topological polar surface area (TPSA) is 72.2 Å². The van der Waals surface area contributed by atoms with Crippen LogP contribution in [0.3, 0.4) is 0 Å². The molecule has 19 heavy (non-hydrogen) atoms. The summed E-state index contributed by atoms with van der Waals surface area (Å²) in [5.41, 5.74) is 0.802. The van der Waals surface area contributed by atoms with Gasteiger partial charge >= 0.3 is 6.01 Å². The van der Waals surface area contributed by atoms with Crippen molar-refractivity contribution in [3.63, 3.8) is 0 Å². The van der Waals surface area contributed by atoms with Gasteiger partial charge in [-0.15, -0.1) is 5.10 Å². The smallest absolute Gasteiger partial charge is 0.320 e. The molecule has 1 aromatic carbocycles. The van der Waals surface area contributed by atoms with E-state index in [4.69, 9.17) is 9.15 Å². The standard InChI is InChI=1S/C13H18N4O2/c1-4-18-11-8-6-5-7-10(11)15-13-17-16-12(19-13)9(2)14-3/h5-9,14H,4H2,1-3H3,(H,15,17). The lowest BCUT2D eigenvalue weighted by molar-refractivity contribution is 0.341. The van der Waals surface area contributed by atoms with Crippen LogP contribution < -0.4 is 15.4 Å². The molecule has 102 valence electrons. The molecule has 6 nitrogen and oxygen atoms in total. The first-order chi connectivity index (χ1) is 9.24. The lowest BCUT2D eigenvalue weighted by Crippen LogP contribution is -2.12. The number of hydrogen-bond acceptors (Lipinski definition) is 6. The van der Waals surface area contributed by atoms with E-state index in [1.165, 1.54) is 0 Å². The van der Waals surface area contributed by atoms with E-state index in [1.54, 1.807) is 0 Å². The molecule has 0 aliphatic rings. The highest BCUT2D eigenvalue weighted by Gasteiger charge is 2.13. The molecule has 2 N–H and O–H groups in total. The highest BCUT2D eigenvalue weighted by Crippen LogP contribution is 2.27. The van der Waals surface area contributed by atoms with Crippen molar-refractivity contribution < 1.29 is 9.15 Å². The Labute approximate surface area is 112 Å². The summed E-state index contributed by atoms with van der Waals surface area (Å²) in [6, 6.07) is 7.99. The molecule has 2 aromatic rings. The van der Waals surface area contributed by atoms with Crippen molar-refractivity contribution in [1.82, 2.24) is 15.5 Å². The largest absolute Gasteiger partial charge is 0.492 e. The summed E-state index contributed by atoms with van der Waals surface area (Å²) < 4.78 is 11.0. The molecule has 0 amide bonds. The van der Waals surface area contributed by atoms with Crippen molar-refractivity contribution >= 4 is 11.7 Å². The highest BCUT2D eigenvalue weighted by molar-refractivity contribution is 5.61. The van der Waals surface area contributed by atoms with E-state index in [2.05, 4.69) is 20.8 Å². The van der Waals surface area contributed by atoms with Crippen molar-refractivity contribution in [1.29, 1.82) is 0 Å². The summed E-state index contributed by atoms with van der Waals surface area (Å²) in [5.74, 6) is 1.30. The average Bonchev–Trinajstić information content (AvgIpc) is 2.89. The second kappa shape index (κ2) is 6.19. The van der Waals surface area contributed by atoms with Crippen molar-refractivity contribution in [2.75, 3.05) is 19.0 Å². The first-order valence-corrected chi connectivity index (χ1v) is 6.24. The fourth-order valence-corrected chi connectivity index (χ4v) is 1.55. The van der Waals surface area contributed by atoms with Crippen LogP contribution in [-0.2, 0) is 0 Å². The van der Waals surface area contributed by atoms with Gasteiger partial charge in [0.05, 0.1) is 18.3 Å². The quantitative estimate of drug-likeness (QED) is 0.833. The van der Waals surface area contributed by atoms with Crippen molar-refractivity contribution in [2.24, 2.45) is 0 Å². The molecule has 1 unspecified atom stereocenters. The van der Waals surface area contributed by atoms with E-state index in [-0.39, 0.29) is 6.04 Å². The Balaban J connectivity index is 2.14. The molecule has 1 atom stereocenters. The maximum atomic E-state index is 5.52. The minimum absolute atomic E-state index is 0.0187. The van der Waals surface area contributed by atoms with Crippen molar-refractivity contribution in [2.45, 2.75) is 19.9 Å². The van der Waals surface area contributed by atoms with Gasteiger partial charge < -0.3 is 19.8 Å². The fraction of sp³-hybridized carbons (Fsp3) is 0.385. The van der Waals surface area contributed by atoms with Crippen LogP contribution in [0.25, 0.3) is 0 Å². The van der Waals surface area contributed by atoms with E-state index in [0.29, 0.717) is 18.5 Å². The van der Waals surface area contributed by atoms with Gasteiger partial charge in [0.2, 0.25) is 5.89 Å². The zero-order valence-electron chi connectivity index (χ0n) is 11.3. The van der Waals surface area contributed by atoms with E-state index < -0.39 is 0 Å². The third-order valence-electron chi connectivity index (χ3n) is 2.67. The highest BCUT2D eigenvalue weighted by atomic mass is 16.5. The molecule has 2 rings (SSSR count). The third-order valence-corrected chi connectivity index (χ3v) is 2.67. The predicted molar refractivity (Wildman–Crippen MR) is 72.7 cm³/mol. The molecule has 0 aliphatic carbocycles. The number of anilines is 2. The zero-order chi connectivity index (χ0) is 13.7. The summed E-state index contributed by atoms with van der Waals surface area (Å²) in [7, 11) is 1.84. The third kappa shape index (κ3) is 3.23. The number of nitrogens with zero attached hydrogens (tertiary/aromatic N) is 2. The first kappa shape index (κ1) is 13.4. The minimum Gasteiger partial charge on any atom is -0.492 e. The molecule has 0 aliphatic heterocycles. The molecule has 0 spiro atoms. The van der Waals surface area contributed by atoms with Gasteiger partial charge in [0.1, 0.15) is 5.75 Å². The monoisotopic (exact) mass is 262 g/mol. The Bertz CT molecular complexity index is 527. The van der Waals surface area contributed by atoms with Crippen molar-refractivity contribution in [3.8, 4) is 5.75 Å². The molecule has 0 saturated heterocycles. The Morgan fingerprint density at radius 3 is 2.84 bits per heavy atom. The summed E-state index contributed by atoms with van der Waals surface area (Å²) in [6.07, 6.45) is 0. The summed E-state index contributed by atoms with van der Waals surface area (Å²) in [5, 5.41) is 14.0. The molecule has 1 heterocycles. The molecule has 0 bridgehead atoms. The summed E-state index contributed by atoms with van der Waals surface area (Å²) >= 11 is 0. The molecular formula is C13H18N4O2. The van der Waals surface area contributed by atoms with Gasteiger partial charge in [0.25, 0.3) is 0 Å². The van der Waals surface area contributed by atoms with E-state index in [0.717, 1.165) is 11.4 Å². The van der Waals surface area contributed by atoms with Crippen LogP contribution in [0.1, 0.15) is 25.8 Å². The molecular weight excluding hydrogens is 244 g/mol. The SMILES string of the molecule is CCOc1ccccc1Nc1nnc(C(C)NC)o1. The van der Waals surface area contributed by atoms with Gasteiger partial charge in [-0.1, -0.05) is 17.2 Å². The maximum absolute atomic E-state index is 5.52. The van der Waals surface area contributed by atoms with E-state index >= 15 is 0 Å². The van der Waals surface area contributed by atoms with Crippen LogP contribution in [0.5, 0.6) is 5.75 Å². The van der Waals surface area contributed by atoms with Crippen LogP contribution in [0.2, 0.25) is 0 Å². The maximum Gasteiger partial charge on any atom is 0.320 e. The molecule has 1 aromatic heterocycles. The van der Waals surface area contributed by atoms with Crippen molar-refractivity contribution in [3.05, 3.63) is 30.2 Å². The van der Waals surface area contributed by atoms with Gasteiger partial charge in [-0.25, -0.2) is 0 Å². The number of aromatic nitrogens is 2. The lowest BCUT2D eigenvalue weighted by atomic mass is 10.3. The molecule has 0 saturated carbocycles. The van der Waals surface area contributed by atoms with E-state index in [1.807, 2.05) is 45.2 Å². The second-order valence-electron chi connectivity index (χ2n) is 4.01. The normalized spacial score (nSPS) is 12.2. The van der Waals surface area contributed by atoms with Gasteiger partial charge in [-0.05, 0) is 33.0 Å². The van der Waals surface area contributed by atoms with Crippen LogP contribution in [0, 0.1) is 0 Å². The van der Waals surface area contributed by atoms with Gasteiger partial charge in [-0.2, -0.15) is 0 Å². The molecule has 0 radical (unpaired) electrons. The number of hydrogen-bond donors (Lipinski definition) is 2. The first-order valence-electron chi connectivity index (χ1n) is 6.24. The van der Waals surface area contributed by atoms with E-state index in [9.17, 15) is 0 Å². The second-order valence-corrected chi connectivity index (χ2v) is 4.01. The Hall–Kier alpha value is -2.08. The minimum atomic E-state index is 0.0187. The average molecular weight is 262 g/mol. The zero-order valence-corrected chi connectivity index (χ0v) is 11.3. The Morgan fingerprint density at radius 2 is 2.11 bits per heavy atom. The van der Waals surface area contributed by atoms with Gasteiger partial charge in [0, 0.05) is 0 Å². The molecule has 6 heteroatoms. The predicted octanol–water partition coefficient (Wildman–Crippen LogP) is 2.49.